The zero-order valence-corrected chi connectivity index (χ0v) is 12.5. The lowest BCUT2D eigenvalue weighted by Gasteiger charge is -2.35. The van der Waals surface area contributed by atoms with Gasteiger partial charge in [-0.15, -0.1) is 0 Å². The summed E-state index contributed by atoms with van der Waals surface area (Å²) in [4.78, 5) is 13.1. The second-order valence-corrected chi connectivity index (χ2v) is 6.01. The van der Waals surface area contributed by atoms with Crippen LogP contribution in [0.3, 0.4) is 0 Å². The van der Waals surface area contributed by atoms with Gasteiger partial charge >= 0.3 is 5.97 Å². The van der Waals surface area contributed by atoms with Gasteiger partial charge < -0.3 is 5.11 Å². The normalized spacial score (nSPS) is 20.2. The van der Waals surface area contributed by atoms with E-state index < -0.39 is 5.97 Å². The molecular formula is C17H25NO2. The number of nitrogens with zero attached hydrogens (tertiary/aromatic N) is 1. The highest BCUT2D eigenvalue weighted by Gasteiger charge is 2.24. The standard InChI is InChI=1S/C17H25NO2/c1-13(2)14-6-8-15(9-7-14)16-5-3-4-11-18(16)12-10-17(19)20/h6-9,13,16H,3-5,10-12H2,1-2H3,(H,19,20). The van der Waals surface area contributed by atoms with Gasteiger partial charge in [0, 0.05) is 12.6 Å². The van der Waals surface area contributed by atoms with Gasteiger partial charge in [-0.25, -0.2) is 0 Å². The molecule has 0 aromatic heterocycles. The van der Waals surface area contributed by atoms with Crippen LogP contribution < -0.4 is 0 Å². The molecule has 0 saturated carbocycles. The van der Waals surface area contributed by atoms with Gasteiger partial charge in [0.15, 0.2) is 0 Å². The average Bonchev–Trinajstić information content (AvgIpc) is 2.45. The Morgan fingerprint density at radius 2 is 2.00 bits per heavy atom. The SMILES string of the molecule is CC(C)c1ccc(C2CCCCN2CCC(=O)O)cc1. The molecule has 2 rings (SSSR count). The first-order chi connectivity index (χ1) is 9.58. The lowest BCUT2D eigenvalue weighted by molar-refractivity contribution is -0.137. The number of hydrogen-bond acceptors (Lipinski definition) is 2. The van der Waals surface area contributed by atoms with E-state index >= 15 is 0 Å². The van der Waals surface area contributed by atoms with Crippen molar-refractivity contribution in [3.05, 3.63) is 35.4 Å². The van der Waals surface area contributed by atoms with Crippen molar-refractivity contribution >= 4 is 5.97 Å². The molecule has 1 saturated heterocycles. The molecule has 0 aliphatic carbocycles. The Morgan fingerprint density at radius 1 is 1.30 bits per heavy atom. The first-order valence-corrected chi connectivity index (χ1v) is 7.63. The molecule has 1 atom stereocenters. The molecule has 1 fully saturated rings. The smallest absolute Gasteiger partial charge is 0.304 e. The zero-order valence-electron chi connectivity index (χ0n) is 12.5. The van der Waals surface area contributed by atoms with Crippen LogP contribution in [0.4, 0.5) is 0 Å². The molecule has 1 aliphatic heterocycles. The number of hydrogen-bond donors (Lipinski definition) is 1. The van der Waals surface area contributed by atoms with E-state index in [0.717, 1.165) is 13.0 Å². The summed E-state index contributed by atoms with van der Waals surface area (Å²) in [6.45, 7) is 6.08. The summed E-state index contributed by atoms with van der Waals surface area (Å²) in [7, 11) is 0. The number of carboxylic acids is 1. The molecular weight excluding hydrogens is 250 g/mol. The third-order valence-corrected chi connectivity index (χ3v) is 4.21. The molecule has 1 unspecified atom stereocenters. The largest absolute Gasteiger partial charge is 0.481 e. The Balaban J connectivity index is 2.08. The Bertz CT molecular complexity index is 439. The van der Waals surface area contributed by atoms with Gasteiger partial charge in [-0.2, -0.15) is 0 Å². The maximum atomic E-state index is 10.8. The van der Waals surface area contributed by atoms with Gasteiger partial charge in [0.05, 0.1) is 6.42 Å². The van der Waals surface area contributed by atoms with Crippen LogP contribution >= 0.6 is 0 Å². The Morgan fingerprint density at radius 3 is 2.60 bits per heavy atom. The first kappa shape index (κ1) is 15.0. The van der Waals surface area contributed by atoms with E-state index in [0.29, 0.717) is 18.5 Å². The molecule has 3 heteroatoms. The van der Waals surface area contributed by atoms with Gasteiger partial charge in [0.25, 0.3) is 0 Å². The Hall–Kier alpha value is -1.35. The number of rotatable bonds is 5. The molecule has 1 aliphatic rings. The van der Waals surface area contributed by atoms with Crippen molar-refractivity contribution in [1.82, 2.24) is 4.90 Å². The number of piperidine rings is 1. The fraction of sp³-hybridized carbons (Fsp3) is 0.588. The minimum absolute atomic E-state index is 0.237. The van der Waals surface area contributed by atoms with Crippen LogP contribution in [-0.2, 0) is 4.79 Å². The van der Waals surface area contributed by atoms with Crippen LogP contribution in [0.1, 0.15) is 62.6 Å². The topological polar surface area (TPSA) is 40.5 Å². The van der Waals surface area contributed by atoms with Gasteiger partial charge in [0.2, 0.25) is 0 Å². The van der Waals surface area contributed by atoms with E-state index in [-0.39, 0.29) is 6.42 Å². The number of carboxylic acid groups (broad SMARTS) is 1. The minimum atomic E-state index is -0.704. The summed E-state index contributed by atoms with van der Waals surface area (Å²) in [6, 6.07) is 9.26. The summed E-state index contributed by atoms with van der Waals surface area (Å²) in [5, 5.41) is 8.87. The number of aliphatic carboxylic acids is 1. The molecule has 1 aromatic carbocycles. The van der Waals surface area contributed by atoms with E-state index in [1.807, 2.05) is 0 Å². The summed E-state index contributed by atoms with van der Waals surface area (Å²) in [6.07, 6.45) is 3.79. The van der Waals surface area contributed by atoms with Gasteiger partial charge in [-0.3, -0.25) is 9.69 Å². The third-order valence-electron chi connectivity index (χ3n) is 4.21. The maximum Gasteiger partial charge on any atom is 0.304 e. The summed E-state index contributed by atoms with van der Waals surface area (Å²) < 4.78 is 0. The summed E-state index contributed by atoms with van der Waals surface area (Å²) in [5.74, 6) is -0.150. The van der Waals surface area contributed by atoms with Crippen molar-refractivity contribution in [3.63, 3.8) is 0 Å². The second-order valence-electron chi connectivity index (χ2n) is 6.01. The molecule has 1 heterocycles. The molecule has 110 valence electrons. The highest BCUT2D eigenvalue weighted by atomic mass is 16.4. The van der Waals surface area contributed by atoms with Crippen LogP contribution in [0, 0.1) is 0 Å². The van der Waals surface area contributed by atoms with Crippen molar-refractivity contribution in [1.29, 1.82) is 0 Å². The molecule has 20 heavy (non-hydrogen) atoms. The van der Waals surface area contributed by atoms with Crippen LogP contribution in [0.2, 0.25) is 0 Å². The van der Waals surface area contributed by atoms with Crippen molar-refractivity contribution in [3.8, 4) is 0 Å². The van der Waals surface area contributed by atoms with E-state index in [2.05, 4.69) is 43.0 Å². The van der Waals surface area contributed by atoms with Crippen molar-refractivity contribution in [2.75, 3.05) is 13.1 Å². The summed E-state index contributed by atoms with van der Waals surface area (Å²) in [5.41, 5.74) is 2.70. The average molecular weight is 275 g/mol. The van der Waals surface area contributed by atoms with E-state index in [1.165, 1.54) is 24.0 Å². The van der Waals surface area contributed by atoms with E-state index in [9.17, 15) is 4.79 Å². The van der Waals surface area contributed by atoms with E-state index in [4.69, 9.17) is 5.11 Å². The monoisotopic (exact) mass is 275 g/mol. The van der Waals surface area contributed by atoms with Gasteiger partial charge in [-0.1, -0.05) is 44.5 Å². The molecule has 1 aromatic rings. The summed E-state index contributed by atoms with van der Waals surface area (Å²) >= 11 is 0. The predicted octanol–water partition coefficient (Wildman–Crippen LogP) is 3.81. The first-order valence-electron chi connectivity index (χ1n) is 7.63. The molecule has 0 radical (unpaired) electrons. The van der Waals surface area contributed by atoms with Crippen LogP contribution in [0.25, 0.3) is 0 Å². The van der Waals surface area contributed by atoms with Crippen LogP contribution in [-0.4, -0.2) is 29.1 Å². The molecule has 0 amide bonds. The van der Waals surface area contributed by atoms with Crippen LogP contribution in [0.15, 0.2) is 24.3 Å². The fourth-order valence-corrected chi connectivity index (χ4v) is 2.98. The highest BCUT2D eigenvalue weighted by Crippen LogP contribution is 2.31. The fourth-order valence-electron chi connectivity index (χ4n) is 2.98. The number of likely N-dealkylation sites (tertiary alicyclic amines) is 1. The van der Waals surface area contributed by atoms with Crippen molar-refractivity contribution in [2.24, 2.45) is 0 Å². The highest BCUT2D eigenvalue weighted by molar-refractivity contribution is 5.66. The maximum absolute atomic E-state index is 10.8. The van der Waals surface area contributed by atoms with Crippen molar-refractivity contribution < 1.29 is 9.90 Å². The molecule has 0 bridgehead atoms. The lowest BCUT2D eigenvalue weighted by Crippen LogP contribution is -2.35. The number of carbonyl (C=O) groups is 1. The quantitative estimate of drug-likeness (QED) is 0.888. The number of benzene rings is 1. The van der Waals surface area contributed by atoms with Crippen LogP contribution in [0.5, 0.6) is 0 Å². The Labute approximate surface area is 121 Å². The second kappa shape index (κ2) is 6.89. The van der Waals surface area contributed by atoms with Crippen molar-refractivity contribution in [2.45, 2.75) is 51.5 Å². The zero-order chi connectivity index (χ0) is 14.5. The van der Waals surface area contributed by atoms with Gasteiger partial charge in [-0.05, 0) is 36.4 Å². The lowest BCUT2D eigenvalue weighted by atomic mass is 9.93. The molecule has 1 N–H and O–H groups in total. The predicted molar refractivity (Wildman–Crippen MR) is 80.9 cm³/mol. The Kier molecular flexibility index (Phi) is 5.18. The molecule has 0 spiro atoms. The molecule has 3 nitrogen and oxygen atoms in total. The van der Waals surface area contributed by atoms with Gasteiger partial charge in [0.1, 0.15) is 0 Å². The third kappa shape index (κ3) is 3.83. The van der Waals surface area contributed by atoms with E-state index in [1.54, 1.807) is 0 Å². The minimum Gasteiger partial charge on any atom is -0.481 e.